The van der Waals surface area contributed by atoms with Gasteiger partial charge in [0.25, 0.3) is 0 Å². The van der Waals surface area contributed by atoms with Crippen molar-refractivity contribution in [1.82, 2.24) is 19.6 Å². The average molecular weight is 894 g/mol. The molecule has 2 aliphatic rings. The number of rotatable bonds is 10. The minimum Gasteiger partial charge on any atom is -0.265 e. The minimum atomic E-state index is -0.439. The van der Waals surface area contributed by atoms with Crippen LogP contribution in [0.2, 0.25) is 0 Å². The molecule has 4 aromatic carbocycles. The van der Waals surface area contributed by atoms with E-state index in [0.717, 1.165) is 48.4 Å². The molecular weight excluding hydrogens is 840 g/mol. The molecule has 6 aromatic rings. The van der Waals surface area contributed by atoms with E-state index in [1.54, 1.807) is 0 Å². The summed E-state index contributed by atoms with van der Waals surface area (Å²) in [5.41, 5.74) is 16.7. The fourth-order valence-corrected chi connectivity index (χ4v) is 9.01. The quantitative estimate of drug-likeness (QED) is 0.128. The molecule has 0 amide bonds. The van der Waals surface area contributed by atoms with Crippen LogP contribution in [0.3, 0.4) is 0 Å². The van der Waals surface area contributed by atoms with E-state index in [1.165, 1.54) is 55.6 Å². The van der Waals surface area contributed by atoms with Crippen LogP contribution in [0.15, 0.2) is 85.2 Å². The summed E-state index contributed by atoms with van der Waals surface area (Å²) in [6, 6.07) is 33.9. The van der Waals surface area contributed by atoms with E-state index >= 15 is 0 Å². The Bertz CT molecular complexity index is 2180. The second kappa shape index (κ2) is 13.9. The van der Waals surface area contributed by atoms with Gasteiger partial charge < -0.3 is 0 Å². The molecule has 0 bridgehead atoms. The average Bonchev–Trinajstić information content (AvgIpc) is 3.88. The minimum absolute atomic E-state index is 0. The van der Waals surface area contributed by atoms with Gasteiger partial charge in [-0.1, -0.05) is 104 Å². The molecule has 2 heterocycles. The van der Waals surface area contributed by atoms with Crippen LogP contribution in [0.5, 0.6) is 0 Å². The first-order valence-electron chi connectivity index (χ1n) is 19.7. The third-order valence-electron chi connectivity index (χ3n) is 12.2. The number of hydrogen-bond acceptors (Lipinski definition) is 2. The van der Waals surface area contributed by atoms with Gasteiger partial charge in [-0.2, -0.15) is 34.5 Å². The molecular formula is C49H54N4Pt. The summed E-state index contributed by atoms with van der Waals surface area (Å²) in [4.78, 5) is 0. The molecule has 0 unspecified atom stereocenters. The summed E-state index contributed by atoms with van der Waals surface area (Å²) >= 11 is 0. The molecule has 4 nitrogen and oxygen atoms in total. The fraction of sp³-hybridized carbons (Fsp3) is 0.388. The molecule has 0 atom stereocenters. The van der Waals surface area contributed by atoms with Crippen molar-refractivity contribution in [2.45, 2.75) is 111 Å². The van der Waals surface area contributed by atoms with E-state index in [2.05, 4.69) is 176 Å². The standard InChI is InChI=1S/C49H54N4.Pt/c1-31(2)19-21-33-29-52(35-23-25-43-39(27-35)37-15-11-13-17-41(37)47(43,5)6)50-45(33)49(9,10)46-34(22-20-32(3)4)30-53(51-46)36-24-26-44-40(28-36)38-16-12-14-18-42(38)48(44,7)8;/h11-18,25-32H,19-22H2,1-10H3;/q-2;+2. The van der Waals surface area contributed by atoms with Gasteiger partial charge in [0, 0.05) is 12.4 Å². The number of benzene rings is 4. The Morgan fingerprint density at radius 3 is 1.37 bits per heavy atom. The van der Waals surface area contributed by atoms with Crippen molar-refractivity contribution in [2.24, 2.45) is 11.8 Å². The molecule has 2 aliphatic carbocycles. The van der Waals surface area contributed by atoms with E-state index in [9.17, 15) is 0 Å². The first-order valence-corrected chi connectivity index (χ1v) is 19.7. The van der Waals surface area contributed by atoms with Gasteiger partial charge in [0.05, 0.1) is 16.8 Å². The van der Waals surface area contributed by atoms with Crippen LogP contribution in [0.4, 0.5) is 0 Å². The molecule has 0 spiro atoms. The van der Waals surface area contributed by atoms with Crippen molar-refractivity contribution in [1.29, 1.82) is 0 Å². The van der Waals surface area contributed by atoms with Crippen LogP contribution < -0.4 is 0 Å². The Morgan fingerprint density at radius 1 is 0.593 bits per heavy atom. The molecule has 0 radical (unpaired) electrons. The summed E-state index contributed by atoms with van der Waals surface area (Å²) < 4.78 is 4.17. The van der Waals surface area contributed by atoms with Crippen molar-refractivity contribution in [3.8, 4) is 33.6 Å². The molecule has 280 valence electrons. The first kappa shape index (κ1) is 38.3. The van der Waals surface area contributed by atoms with Gasteiger partial charge in [-0.25, -0.2) is 0 Å². The number of hydrogen-bond donors (Lipinski definition) is 0. The molecule has 0 saturated carbocycles. The van der Waals surface area contributed by atoms with Gasteiger partial charge in [-0.15, -0.1) is 34.4 Å². The van der Waals surface area contributed by atoms with E-state index in [-0.39, 0.29) is 31.9 Å². The zero-order valence-electron chi connectivity index (χ0n) is 33.7. The molecule has 0 N–H and O–H groups in total. The predicted octanol–water partition coefficient (Wildman–Crippen LogP) is 11.8. The largest absolute Gasteiger partial charge is 2.00 e. The normalized spacial score (nSPS) is 14.9. The van der Waals surface area contributed by atoms with Crippen LogP contribution >= 0.6 is 0 Å². The van der Waals surface area contributed by atoms with Crippen molar-refractivity contribution < 1.29 is 21.1 Å². The topological polar surface area (TPSA) is 35.6 Å². The predicted molar refractivity (Wildman–Crippen MR) is 218 cm³/mol. The van der Waals surface area contributed by atoms with Crippen LogP contribution in [-0.4, -0.2) is 19.6 Å². The molecule has 0 aliphatic heterocycles. The van der Waals surface area contributed by atoms with Gasteiger partial charge >= 0.3 is 21.1 Å². The Hall–Kier alpha value is -4.01. The molecule has 2 aromatic heterocycles. The van der Waals surface area contributed by atoms with Gasteiger partial charge in [0.2, 0.25) is 0 Å². The van der Waals surface area contributed by atoms with Crippen molar-refractivity contribution in [2.75, 3.05) is 0 Å². The molecule has 8 rings (SSSR count). The summed E-state index contributed by atoms with van der Waals surface area (Å²) in [6.45, 7) is 23.1. The maximum absolute atomic E-state index is 5.46. The maximum Gasteiger partial charge on any atom is 2.00 e. The first-order chi connectivity index (χ1) is 25.2. The van der Waals surface area contributed by atoms with Gasteiger partial charge in [0.15, 0.2) is 0 Å². The van der Waals surface area contributed by atoms with Crippen LogP contribution in [0.1, 0.15) is 127 Å². The van der Waals surface area contributed by atoms with Crippen molar-refractivity contribution in [3.63, 3.8) is 0 Å². The smallest absolute Gasteiger partial charge is 0.265 e. The maximum atomic E-state index is 5.46. The van der Waals surface area contributed by atoms with Gasteiger partial charge in [-0.3, -0.25) is 9.36 Å². The SMILES string of the molecule is CC(C)CCc1cn(-c2[c-]cc3c(c2)-c2ccccc2C3(C)C)nc1C(C)(C)c1nn(-c2[c-]cc3c(c2)-c2ccccc2C3(C)C)cc1CCC(C)C.[Pt+2]. The molecule has 0 saturated heterocycles. The molecule has 0 fully saturated rings. The summed E-state index contributed by atoms with van der Waals surface area (Å²) in [5, 5.41) is 10.9. The third-order valence-corrected chi connectivity index (χ3v) is 12.2. The zero-order valence-corrected chi connectivity index (χ0v) is 35.9. The fourth-order valence-electron chi connectivity index (χ4n) is 9.01. The summed E-state index contributed by atoms with van der Waals surface area (Å²) in [7, 11) is 0. The number of aryl methyl sites for hydroxylation is 2. The number of nitrogens with zero attached hydrogens (tertiary/aromatic N) is 4. The van der Waals surface area contributed by atoms with Gasteiger partial charge in [0.1, 0.15) is 0 Å². The second-order valence-corrected chi connectivity index (χ2v) is 18.0. The van der Waals surface area contributed by atoms with Crippen molar-refractivity contribution >= 4 is 0 Å². The summed E-state index contributed by atoms with van der Waals surface area (Å²) in [5.74, 6) is 1.18. The van der Waals surface area contributed by atoms with E-state index in [0.29, 0.717) is 11.8 Å². The van der Waals surface area contributed by atoms with Crippen LogP contribution in [0, 0.1) is 24.0 Å². The zero-order chi connectivity index (χ0) is 37.4. The Kier molecular flexibility index (Phi) is 9.87. The second-order valence-electron chi connectivity index (χ2n) is 18.0. The molecule has 54 heavy (non-hydrogen) atoms. The Labute approximate surface area is 337 Å². The number of fused-ring (bicyclic) bond motifs is 6. The third kappa shape index (κ3) is 6.27. The van der Waals surface area contributed by atoms with Crippen LogP contribution in [-0.2, 0) is 50.2 Å². The van der Waals surface area contributed by atoms with Gasteiger partial charge in [-0.05, 0) is 107 Å². The Balaban J connectivity index is 0.00000450. The van der Waals surface area contributed by atoms with E-state index in [4.69, 9.17) is 10.2 Å². The Morgan fingerprint density at radius 2 is 0.981 bits per heavy atom. The molecule has 5 heteroatoms. The van der Waals surface area contributed by atoms with E-state index < -0.39 is 5.41 Å². The summed E-state index contributed by atoms with van der Waals surface area (Å²) in [6.07, 6.45) is 8.66. The van der Waals surface area contributed by atoms with E-state index in [1.807, 2.05) is 0 Å². The van der Waals surface area contributed by atoms with Crippen molar-refractivity contribution in [3.05, 3.63) is 142 Å². The van der Waals surface area contributed by atoms with Crippen LogP contribution in [0.25, 0.3) is 33.6 Å². The monoisotopic (exact) mass is 893 g/mol. The number of aromatic nitrogens is 4.